The minimum Gasteiger partial charge on any atom is -0.494 e. The van der Waals surface area contributed by atoms with Gasteiger partial charge in [0, 0.05) is 18.4 Å². The maximum atomic E-state index is 11.3. The molecule has 2 aromatic rings. The summed E-state index contributed by atoms with van der Waals surface area (Å²) < 4.78 is 10.7. The third-order valence-corrected chi connectivity index (χ3v) is 7.44. The molecule has 0 saturated carbocycles. The van der Waals surface area contributed by atoms with Gasteiger partial charge in [0.15, 0.2) is 0 Å². The molecule has 1 aromatic carbocycles. The summed E-state index contributed by atoms with van der Waals surface area (Å²) in [5.41, 5.74) is 1.08. The van der Waals surface area contributed by atoms with Crippen LogP contribution in [-0.2, 0) is 16.0 Å². The highest BCUT2D eigenvalue weighted by Crippen LogP contribution is 2.26. The first-order valence-electron chi connectivity index (χ1n) is 14.4. The van der Waals surface area contributed by atoms with Crippen molar-refractivity contribution in [3.05, 3.63) is 29.3 Å². The maximum absolute atomic E-state index is 11.3. The fourth-order valence-electron chi connectivity index (χ4n) is 4.25. The van der Waals surface area contributed by atoms with Gasteiger partial charge in [0.2, 0.25) is 0 Å². The van der Waals surface area contributed by atoms with Crippen LogP contribution in [0.2, 0.25) is 0 Å². The van der Waals surface area contributed by atoms with Crippen LogP contribution in [0.4, 0.5) is 0 Å². The highest BCUT2D eigenvalue weighted by atomic mass is 32.1. The Morgan fingerprint density at radius 2 is 1.36 bits per heavy atom. The van der Waals surface area contributed by atoms with Crippen LogP contribution in [0, 0.1) is 0 Å². The summed E-state index contributed by atoms with van der Waals surface area (Å²) in [5.74, 6) is 0.707. The van der Waals surface area contributed by atoms with E-state index in [1.165, 1.54) is 83.5 Å². The van der Waals surface area contributed by atoms with Crippen LogP contribution in [-0.4, -0.2) is 29.4 Å². The number of unbranched alkanes of at least 4 members (excludes halogenated alkanes) is 13. The summed E-state index contributed by atoms with van der Waals surface area (Å²) in [7, 11) is 0. The Labute approximate surface area is 223 Å². The first kappa shape index (κ1) is 30.3. The standard InChI is InChI=1S/C30H48N2O3S/c1-3-5-6-7-8-9-10-11-12-13-14-15-16-19-28-31-32-30(36-28)26-21-23-27(24-22-26)35-25-18-17-20-29(33)34-4-2/h21-24H,3-20,25H2,1-2H3. The summed E-state index contributed by atoms with van der Waals surface area (Å²) >= 11 is 1.70. The van der Waals surface area contributed by atoms with Gasteiger partial charge in [0.25, 0.3) is 0 Å². The number of hydrogen-bond donors (Lipinski definition) is 0. The van der Waals surface area contributed by atoms with E-state index in [4.69, 9.17) is 9.47 Å². The molecule has 2 rings (SSSR count). The Balaban J connectivity index is 1.51. The average molecular weight is 517 g/mol. The zero-order valence-electron chi connectivity index (χ0n) is 22.8. The van der Waals surface area contributed by atoms with Crippen molar-refractivity contribution in [3.8, 4) is 16.3 Å². The number of benzene rings is 1. The Hall–Kier alpha value is -1.95. The van der Waals surface area contributed by atoms with Gasteiger partial charge in [-0.05, 0) is 50.5 Å². The minimum atomic E-state index is -0.132. The molecule has 0 unspecified atom stereocenters. The third kappa shape index (κ3) is 14.0. The highest BCUT2D eigenvalue weighted by molar-refractivity contribution is 7.14. The normalized spacial score (nSPS) is 11.1. The molecule has 5 nitrogen and oxygen atoms in total. The maximum Gasteiger partial charge on any atom is 0.305 e. The van der Waals surface area contributed by atoms with Crippen LogP contribution in [0.25, 0.3) is 10.6 Å². The lowest BCUT2D eigenvalue weighted by Crippen LogP contribution is -2.05. The first-order valence-corrected chi connectivity index (χ1v) is 15.3. The Bertz CT molecular complexity index is 807. The van der Waals surface area contributed by atoms with Gasteiger partial charge in [-0.1, -0.05) is 95.3 Å². The molecule has 6 heteroatoms. The van der Waals surface area contributed by atoms with Crippen LogP contribution < -0.4 is 4.74 Å². The van der Waals surface area contributed by atoms with E-state index in [0.717, 1.165) is 40.6 Å². The average Bonchev–Trinajstić information content (AvgIpc) is 3.36. The van der Waals surface area contributed by atoms with E-state index in [2.05, 4.69) is 17.1 Å². The van der Waals surface area contributed by atoms with E-state index in [9.17, 15) is 4.79 Å². The molecular weight excluding hydrogens is 468 g/mol. The lowest BCUT2D eigenvalue weighted by molar-refractivity contribution is -0.143. The largest absolute Gasteiger partial charge is 0.494 e. The number of nitrogens with zero attached hydrogens (tertiary/aromatic N) is 2. The van der Waals surface area contributed by atoms with Crippen molar-refractivity contribution >= 4 is 17.3 Å². The predicted octanol–water partition coefficient (Wildman–Crippen LogP) is 8.95. The number of carbonyl (C=O) groups is 1. The smallest absolute Gasteiger partial charge is 0.305 e. The van der Waals surface area contributed by atoms with E-state index in [0.29, 0.717) is 19.6 Å². The zero-order chi connectivity index (χ0) is 25.7. The molecule has 1 heterocycles. The number of carbonyl (C=O) groups excluding carboxylic acids is 1. The molecule has 0 aliphatic rings. The van der Waals surface area contributed by atoms with E-state index < -0.39 is 0 Å². The molecule has 0 aliphatic heterocycles. The second-order valence-electron chi connectivity index (χ2n) is 9.63. The van der Waals surface area contributed by atoms with Gasteiger partial charge in [-0.25, -0.2) is 0 Å². The second kappa shape index (κ2) is 20.1. The summed E-state index contributed by atoms with van der Waals surface area (Å²) in [6, 6.07) is 8.05. The molecule has 36 heavy (non-hydrogen) atoms. The number of hydrogen-bond acceptors (Lipinski definition) is 6. The Morgan fingerprint density at radius 1 is 0.750 bits per heavy atom. The zero-order valence-corrected chi connectivity index (χ0v) is 23.6. The lowest BCUT2D eigenvalue weighted by atomic mass is 10.0. The van der Waals surface area contributed by atoms with Crippen molar-refractivity contribution < 1.29 is 14.3 Å². The van der Waals surface area contributed by atoms with Crippen molar-refractivity contribution in [2.45, 2.75) is 123 Å². The number of aryl methyl sites for hydroxylation is 1. The van der Waals surface area contributed by atoms with E-state index in [1.54, 1.807) is 11.3 Å². The number of aromatic nitrogens is 2. The number of esters is 1. The predicted molar refractivity (Wildman–Crippen MR) is 151 cm³/mol. The minimum absolute atomic E-state index is 0.132. The van der Waals surface area contributed by atoms with Crippen molar-refractivity contribution in [2.24, 2.45) is 0 Å². The fourth-order valence-corrected chi connectivity index (χ4v) is 5.14. The van der Waals surface area contributed by atoms with Crippen molar-refractivity contribution in [3.63, 3.8) is 0 Å². The molecule has 0 saturated heterocycles. The quantitative estimate of drug-likeness (QED) is 0.115. The molecule has 0 spiro atoms. The lowest BCUT2D eigenvalue weighted by Gasteiger charge is -2.06. The SMILES string of the molecule is CCCCCCCCCCCCCCCc1nnc(-c2ccc(OCCCCC(=O)OCC)cc2)s1. The highest BCUT2D eigenvalue weighted by Gasteiger charge is 2.07. The molecule has 0 bridgehead atoms. The summed E-state index contributed by atoms with van der Waals surface area (Å²) in [5, 5.41) is 10.9. The summed E-state index contributed by atoms with van der Waals surface area (Å²) in [6.07, 6.45) is 21.0. The Kier molecular flexibility index (Phi) is 16.9. The van der Waals surface area contributed by atoms with Crippen molar-refractivity contribution in [1.29, 1.82) is 0 Å². The number of rotatable bonds is 22. The van der Waals surface area contributed by atoms with Crippen LogP contribution in [0.15, 0.2) is 24.3 Å². The van der Waals surface area contributed by atoms with E-state index >= 15 is 0 Å². The fraction of sp³-hybridized carbons (Fsp3) is 0.700. The van der Waals surface area contributed by atoms with Gasteiger partial charge in [-0.15, -0.1) is 10.2 Å². The molecular formula is C30H48N2O3S. The Morgan fingerprint density at radius 3 is 1.97 bits per heavy atom. The first-order chi connectivity index (χ1) is 17.7. The van der Waals surface area contributed by atoms with Gasteiger partial charge in [0.1, 0.15) is 15.8 Å². The van der Waals surface area contributed by atoms with Crippen molar-refractivity contribution in [1.82, 2.24) is 10.2 Å². The molecule has 0 atom stereocenters. The summed E-state index contributed by atoms with van der Waals surface area (Å²) in [6.45, 7) is 5.15. The van der Waals surface area contributed by atoms with Gasteiger partial charge in [0.05, 0.1) is 13.2 Å². The van der Waals surface area contributed by atoms with Gasteiger partial charge in [-0.2, -0.15) is 0 Å². The topological polar surface area (TPSA) is 61.3 Å². The number of ether oxygens (including phenoxy) is 2. The molecule has 1 aromatic heterocycles. The monoisotopic (exact) mass is 516 g/mol. The molecule has 0 N–H and O–H groups in total. The van der Waals surface area contributed by atoms with Crippen LogP contribution >= 0.6 is 11.3 Å². The van der Waals surface area contributed by atoms with Gasteiger partial charge >= 0.3 is 5.97 Å². The van der Waals surface area contributed by atoms with E-state index in [1.807, 2.05) is 31.2 Å². The second-order valence-corrected chi connectivity index (χ2v) is 10.7. The third-order valence-electron chi connectivity index (χ3n) is 6.41. The van der Waals surface area contributed by atoms with Crippen LogP contribution in [0.1, 0.15) is 122 Å². The van der Waals surface area contributed by atoms with E-state index in [-0.39, 0.29) is 5.97 Å². The molecule has 0 fully saturated rings. The molecule has 0 aliphatic carbocycles. The van der Waals surface area contributed by atoms with Crippen LogP contribution in [0.3, 0.4) is 0 Å². The van der Waals surface area contributed by atoms with Gasteiger partial charge in [-0.3, -0.25) is 4.79 Å². The van der Waals surface area contributed by atoms with Crippen molar-refractivity contribution in [2.75, 3.05) is 13.2 Å². The molecule has 202 valence electrons. The van der Waals surface area contributed by atoms with Gasteiger partial charge < -0.3 is 9.47 Å². The molecule has 0 radical (unpaired) electrons. The molecule has 0 amide bonds. The summed E-state index contributed by atoms with van der Waals surface area (Å²) in [4.78, 5) is 11.3. The van der Waals surface area contributed by atoms with Crippen LogP contribution in [0.5, 0.6) is 5.75 Å².